The van der Waals surface area contributed by atoms with Gasteiger partial charge in [0.05, 0.1) is 11.4 Å². The Morgan fingerprint density at radius 1 is 1.80 bits per heavy atom. The van der Waals surface area contributed by atoms with Crippen LogP contribution in [0.5, 0.6) is 0 Å². The Bertz CT molecular complexity index is 141. The largest absolute Gasteiger partial charge is 0.351 e. The Morgan fingerprint density at radius 2 is 2.60 bits per heavy atom. The summed E-state index contributed by atoms with van der Waals surface area (Å²) in [5.41, 5.74) is 0. The molecular formula is C7H9BrO2. The highest BCUT2D eigenvalue weighted by molar-refractivity contribution is 9.09. The molecule has 0 aromatic rings. The molecule has 0 unspecified atom stereocenters. The van der Waals surface area contributed by atoms with Crippen LogP contribution in [-0.4, -0.2) is 24.3 Å². The molecule has 0 spiro atoms. The van der Waals surface area contributed by atoms with Gasteiger partial charge in [-0.2, -0.15) is 0 Å². The lowest BCUT2D eigenvalue weighted by molar-refractivity contribution is -0.0961. The van der Waals surface area contributed by atoms with E-state index in [1.165, 1.54) is 0 Å². The fourth-order valence-corrected chi connectivity index (χ4v) is 1.31. The molecule has 0 aromatic heterocycles. The van der Waals surface area contributed by atoms with Crippen LogP contribution in [0.15, 0.2) is 0 Å². The minimum absolute atomic E-state index is 0.143. The normalized spacial score (nSPS) is 32.0. The van der Waals surface area contributed by atoms with Crippen LogP contribution in [0.25, 0.3) is 0 Å². The van der Waals surface area contributed by atoms with E-state index < -0.39 is 0 Å². The van der Waals surface area contributed by atoms with Crippen LogP contribution in [0.4, 0.5) is 0 Å². The SMILES string of the molecule is C#CCO[C@@H]1OCC[C@H]1Br. The third kappa shape index (κ3) is 1.98. The molecule has 0 aliphatic carbocycles. The van der Waals surface area contributed by atoms with Crippen LogP contribution in [0, 0.1) is 12.3 Å². The summed E-state index contributed by atoms with van der Waals surface area (Å²) >= 11 is 3.42. The first-order valence-electron chi connectivity index (χ1n) is 3.15. The zero-order chi connectivity index (χ0) is 7.40. The molecule has 0 amide bonds. The molecule has 1 fully saturated rings. The van der Waals surface area contributed by atoms with Gasteiger partial charge >= 0.3 is 0 Å². The Kier molecular flexibility index (Phi) is 3.20. The van der Waals surface area contributed by atoms with Gasteiger partial charge in [-0.3, -0.25) is 0 Å². The van der Waals surface area contributed by atoms with E-state index in [0.717, 1.165) is 13.0 Å². The molecule has 0 N–H and O–H groups in total. The van der Waals surface area contributed by atoms with Crippen molar-refractivity contribution in [1.82, 2.24) is 0 Å². The first-order chi connectivity index (χ1) is 4.84. The summed E-state index contributed by atoms with van der Waals surface area (Å²) in [6.07, 6.45) is 5.86. The number of ether oxygens (including phenoxy) is 2. The second kappa shape index (κ2) is 3.97. The molecule has 0 bridgehead atoms. The number of hydrogen-bond acceptors (Lipinski definition) is 2. The third-order valence-corrected chi connectivity index (χ3v) is 2.19. The smallest absolute Gasteiger partial charge is 0.171 e. The van der Waals surface area contributed by atoms with Gasteiger partial charge in [-0.15, -0.1) is 6.42 Å². The molecule has 1 saturated heterocycles. The molecule has 1 rings (SSSR count). The van der Waals surface area contributed by atoms with Gasteiger partial charge in [-0.05, 0) is 6.42 Å². The summed E-state index contributed by atoms with van der Waals surface area (Å²) in [6.45, 7) is 1.08. The van der Waals surface area contributed by atoms with Gasteiger partial charge in [-0.1, -0.05) is 21.9 Å². The van der Waals surface area contributed by atoms with E-state index in [2.05, 4.69) is 21.9 Å². The second-order valence-corrected chi connectivity index (χ2v) is 3.24. The average molecular weight is 205 g/mol. The zero-order valence-corrected chi connectivity index (χ0v) is 7.13. The van der Waals surface area contributed by atoms with E-state index in [1.807, 2.05) is 0 Å². The lowest BCUT2D eigenvalue weighted by Crippen LogP contribution is -2.19. The molecular weight excluding hydrogens is 196 g/mol. The number of hydrogen-bond donors (Lipinski definition) is 0. The summed E-state index contributed by atoms with van der Waals surface area (Å²) < 4.78 is 10.4. The van der Waals surface area contributed by atoms with E-state index in [4.69, 9.17) is 15.9 Å². The fourth-order valence-electron chi connectivity index (χ4n) is 0.820. The first-order valence-corrected chi connectivity index (χ1v) is 4.07. The Labute approximate surface area is 69.0 Å². The van der Waals surface area contributed by atoms with Gasteiger partial charge in [0.1, 0.15) is 6.61 Å². The van der Waals surface area contributed by atoms with Crippen LogP contribution in [0.3, 0.4) is 0 Å². The predicted octanol–water partition coefficient (Wildman–Crippen LogP) is 1.15. The van der Waals surface area contributed by atoms with Gasteiger partial charge in [0.25, 0.3) is 0 Å². The Morgan fingerprint density at radius 3 is 3.10 bits per heavy atom. The lowest BCUT2D eigenvalue weighted by atomic mass is 10.4. The van der Waals surface area contributed by atoms with Crippen molar-refractivity contribution in [3.05, 3.63) is 0 Å². The molecule has 0 aromatic carbocycles. The molecule has 1 aliphatic heterocycles. The maximum Gasteiger partial charge on any atom is 0.171 e. The Hall–Kier alpha value is -0.0400. The summed E-state index contributed by atoms with van der Waals surface area (Å²) in [5, 5.41) is 0. The molecule has 1 heterocycles. The van der Waals surface area contributed by atoms with Gasteiger partial charge < -0.3 is 9.47 Å². The topological polar surface area (TPSA) is 18.5 Å². The van der Waals surface area contributed by atoms with Crippen molar-refractivity contribution in [2.75, 3.05) is 13.2 Å². The minimum Gasteiger partial charge on any atom is -0.351 e. The number of halogens is 1. The van der Waals surface area contributed by atoms with Crippen LogP contribution < -0.4 is 0 Å². The van der Waals surface area contributed by atoms with E-state index in [9.17, 15) is 0 Å². The number of terminal acetylenes is 1. The summed E-state index contributed by atoms with van der Waals surface area (Å²) in [6, 6.07) is 0. The maximum absolute atomic E-state index is 5.20. The van der Waals surface area contributed by atoms with Crippen molar-refractivity contribution in [2.45, 2.75) is 17.5 Å². The van der Waals surface area contributed by atoms with Crippen molar-refractivity contribution in [1.29, 1.82) is 0 Å². The van der Waals surface area contributed by atoms with E-state index in [1.54, 1.807) is 0 Å². The standard InChI is InChI=1S/C7H9BrO2/c1-2-4-9-7-6(8)3-5-10-7/h1,6-7H,3-5H2/t6-,7-/m1/s1. The van der Waals surface area contributed by atoms with Crippen molar-refractivity contribution in [2.24, 2.45) is 0 Å². The van der Waals surface area contributed by atoms with Gasteiger partial charge in [0.15, 0.2) is 6.29 Å². The van der Waals surface area contributed by atoms with Crippen molar-refractivity contribution in [3.8, 4) is 12.3 Å². The number of rotatable bonds is 2. The molecule has 2 atom stereocenters. The van der Waals surface area contributed by atoms with E-state index in [0.29, 0.717) is 11.4 Å². The van der Waals surface area contributed by atoms with E-state index in [-0.39, 0.29) is 6.29 Å². The summed E-state index contributed by atoms with van der Waals surface area (Å²) in [4.78, 5) is 0.306. The Balaban J connectivity index is 2.21. The van der Waals surface area contributed by atoms with Gasteiger partial charge in [0.2, 0.25) is 0 Å². The van der Waals surface area contributed by atoms with Crippen molar-refractivity contribution in [3.63, 3.8) is 0 Å². The summed E-state index contributed by atoms with van der Waals surface area (Å²) in [5.74, 6) is 2.39. The second-order valence-electron chi connectivity index (χ2n) is 2.06. The van der Waals surface area contributed by atoms with Crippen LogP contribution in [0.1, 0.15) is 6.42 Å². The minimum atomic E-state index is -0.143. The molecule has 10 heavy (non-hydrogen) atoms. The lowest BCUT2D eigenvalue weighted by Gasteiger charge is -2.11. The van der Waals surface area contributed by atoms with E-state index >= 15 is 0 Å². The molecule has 1 aliphatic rings. The zero-order valence-electron chi connectivity index (χ0n) is 5.55. The molecule has 0 saturated carbocycles. The van der Waals surface area contributed by atoms with Gasteiger partial charge in [-0.25, -0.2) is 0 Å². The third-order valence-electron chi connectivity index (χ3n) is 1.30. The maximum atomic E-state index is 5.20. The van der Waals surface area contributed by atoms with Crippen LogP contribution in [0.2, 0.25) is 0 Å². The van der Waals surface area contributed by atoms with Crippen LogP contribution >= 0.6 is 15.9 Å². The summed E-state index contributed by atoms with van der Waals surface area (Å²) in [7, 11) is 0. The first kappa shape index (κ1) is 8.06. The molecule has 3 heteroatoms. The van der Waals surface area contributed by atoms with Crippen molar-refractivity contribution >= 4 is 15.9 Å². The quantitative estimate of drug-likeness (QED) is 0.497. The number of alkyl halides is 1. The average Bonchev–Trinajstić information content (AvgIpc) is 2.31. The predicted molar refractivity (Wildman–Crippen MR) is 41.9 cm³/mol. The molecule has 2 nitrogen and oxygen atoms in total. The van der Waals surface area contributed by atoms with Crippen molar-refractivity contribution < 1.29 is 9.47 Å². The highest BCUT2D eigenvalue weighted by Gasteiger charge is 2.25. The molecule has 0 radical (unpaired) electrons. The fraction of sp³-hybridized carbons (Fsp3) is 0.714. The molecule has 56 valence electrons. The van der Waals surface area contributed by atoms with Gasteiger partial charge in [0, 0.05) is 0 Å². The highest BCUT2D eigenvalue weighted by Crippen LogP contribution is 2.21. The monoisotopic (exact) mass is 204 g/mol. The van der Waals surface area contributed by atoms with Crippen LogP contribution in [-0.2, 0) is 9.47 Å². The highest BCUT2D eigenvalue weighted by atomic mass is 79.9.